The molecule has 0 unspecified atom stereocenters. The molecule has 20 heavy (non-hydrogen) atoms. The van der Waals surface area contributed by atoms with Gasteiger partial charge in [-0.3, -0.25) is 0 Å². The highest BCUT2D eigenvalue weighted by Crippen LogP contribution is 2.31. The van der Waals surface area contributed by atoms with Crippen molar-refractivity contribution < 1.29 is 12.9 Å². The lowest BCUT2D eigenvalue weighted by atomic mass is 10.0. The Kier molecular flexibility index (Phi) is 3.27. The Morgan fingerprint density at radius 3 is 2.50 bits per heavy atom. The molecule has 0 spiro atoms. The Labute approximate surface area is 121 Å². The second kappa shape index (κ2) is 4.83. The lowest BCUT2D eigenvalue weighted by molar-refractivity contribution is 0.216. The Bertz CT molecular complexity index is 721. The molecule has 0 bridgehead atoms. The van der Waals surface area contributed by atoms with Crippen molar-refractivity contribution in [3.8, 4) is 0 Å². The third-order valence-electron chi connectivity index (χ3n) is 3.19. The van der Waals surface area contributed by atoms with E-state index >= 15 is 0 Å². The van der Waals surface area contributed by atoms with E-state index in [1.54, 1.807) is 19.1 Å². The van der Waals surface area contributed by atoms with E-state index in [2.05, 4.69) is 10.1 Å². The van der Waals surface area contributed by atoms with Crippen LogP contribution < -0.4 is 0 Å². The Balaban J connectivity index is 1.74. The fourth-order valence-electron chi connectivity index (χ4n) is 2.03. The molecule has 6 nitrogen and oxygen atoms in total. The maximum Gasteiger partial charge on any atom is 0.243 e. The number of sulfonamides is 1. The second-order valence-corrected chi connectivity index (χ2v) is 7.03. The first-order chi connectivity index (χ1) is 9.46. The predicted molar refractivity (Wildman–Crippen MR) is 72.0 cm³/mol. The van der Waals surface area contributed by atoms with Crippen LogP contribution in [0.5, 0.6) is 0 Å². The van der Waals surface area contributed by atoms with Gasteiger partial charge in [0.05, 0.1) is 10.8 Å². The molecular weight excluding hydrogens is 302 g/mol. The van der Waals surface area contributed by atoms with Crippen LogP contribution in [0.1, 0.15) is 17.6 Å². The van der Waals surface area contributed by atoms with Crippen molar-refractivity contribution in [2.24, 2.45) is 0 Å². The summed E-state index contributed by atoms with van der Waals surface area (Å²) in [5.74, 6) is 1.02. The molecule has 0 N–H and O–H groups in total. The van der Waals surface area contributed by atoms with Gasteiger partial charge >= 0.3 is 0 Å². The number of rotatable bonds is 3. The summed E-state index contributed by atoms with van der Waals surface area (Å²) in [4.78, 5) is 4.35. The van der Waals surface area contributed by atoms with Crippen LogP contribution in [0.4, 0.5) is 0 Å². The smallest absolute Gasteiger partial charge is 0.243 e. The molecule has 1 aliphatic rings. The first-order valence-electron chi connectivity index (χ1n) is 6.03. The number of aryl methyl sites for hydroxylation is 1. The maximum atomic E-state index is 12.3. The molecule has 0 aliphatic carbocycles. The molecule has 0 atom stereocenters. The number of hydrogen-bond donors (Lipinski definition) is 0. The van der Waals surface area contributed by atoms with Crippen LogP contribution in [0.2, 0.25) is 5.02 Å². The van der Waals surface area contributed by atoms with Gasteiger partial charge in [-0.2, -0.15) is 9.29 Å². The molecule has 106 valence electrons. The van der Waals surface area contributed by atoms with Crippen LogP contribution in [0.25, 0.3) is 0 Å². The van der Waals surface area contributed by atoms with Crippen LogP contribution in [0.15, 0.2) is 33.7 Å². The van der Waals surface area contributed by atoms with E-state index in [4.69, 9.17) is 16.1 Å². The number of halogens is 1. The predicted octanol–water partition coefficient (Wildman–Crippen LogP) is 1.82. The van der Waals surface area contributed by atoms with Crippen LogP contribution >= 0.6 is 11.6 Å². The molecule has 3 rings (SSSR count). The van der Waals surface area contributed by atoms with E-state index in [0.717, 1.165) is 0 Å². The van der Waals surface area contributed by atoms with E-state index in [1.165, 1.54) is 16.4 Å². The van der Waals surface area contributed by atoms with Crippen LogP contribution in [-0.2, 0) is 10.0 Å². The molecule has 1 aromatic heterocycles. The largest absolute Gasteiger partial charge is 0.339 e. The summed E-state index contributed by atoms with van der Waals surface area (Å²) in [7, 11) is -3.47. The molecule has 8 heteroatoms. The zero-order valence-electron chi connectivity index (χ0n) is 10.7. The summed E-state index contributed by atoms with van der Waals surface area (Å²) in [5.41, 5.74) is 0. The van der Waals surface area contributed by atoms with E-state index in [1.807, 2.05) is 0 Å². The first-order valence-corrected chi connectivity index (χ1v) is 7.84. The normalized spacial score (nSPS) is 17.1. The van der Waals surface area contributed by atoms with Gasteiger partial charge in [0.25, 0.3) is 0 Å². The molecule has 2 aromatic rings. The summed E-state index contributed by atoms with van der Waals surface area (Å²) in [6.45, 7) is 2.44. The Morgan fingerprint density at radius 1 is 1.30 bits per heavy atom. The third kappa shape index (κ3) is 2.32. The second-order valence-electron chi connectivity index (χ2n) is 4.65. The fourth-order valence-corrected chi connectivity index (χ4v) is 3.68. The van der Waals surface area contributed by atoms with E-state index in [9.17, 15) is 8.42 Å². The van der Waals surface area contributed by atoms with Crippen molar-refractivity contribution in [3.05, 3.63) is 41.0 Å². The summed E-state index contributed by atoms with van der Waals surface area (Å²) in [6.07, 6.45) is 0. The molecule has 0 amide bonds. The molecule has 0 saturated carbocycles. The Morgan fingerprint density at radius 2 is 1.95 bits per heavy atom. The number of aromatic nitrogens is 2. The first kappa shape index (κ1) is 13.5. The number of hydrogen-bond acceptors (Lipinski definition) is 5. The lowest BCUT2D eigenvalue weighted by Crippen LogP contribution is -2.48. The standard InChI is InChI=1S/C12H12ClN3O3S/c1-8-14-12(19-15-8)9-6-16(7-9)20(17,18)11-4-2-10(13)3-5-11/h2-5,9H,6-7H2,1H3. The zero-order chi connectivity index (χ0) is 14.3. The average molecular weight is 314 g/mol. The fraction of sp³-hybridized carbons (Fsp3) is 0.333. The SMILES string of the molecule is Cc1noc(C2CN(S(=O)(=O)c3ccc(Cl)cc3)C2)n1. The minimum absolute atomic E-state index is 0.0294. The molecular formula is C12H12ClN3O3S. The molecule has 1 fully saturated rings. The van der Waals surface area contributed by atoms with Gasteiger partial charge in [-0.25, -0.2) is 8.42 Å². The van der Waals surface area contributed by atoms with Gasteiger partial charge in [0.2, 0.25) is 15.9 Å². The summed E-state index contributed by atoms with van der Waals surface area (Å²) in [5, 5.41) is 4.21. The minimum Gasteiger partial charge on any atom is -0.339 e. The van der Waals surface area contributed by atoms with Crippen molar-refractivity contribution in [1.29, 1.82) is 0 Å². The highest BCUT2D eigenvalue weighted by Gasteiger charge is 2.40. The molecule has 1 aliphatic heterocycles. The van der Waals surface area contributed by atoms with Crippen molar-refractivity contribution in [2.75, 3.05) is 13.1 Å². The van der Waals surface area contributed by atoms with Gasteiger partial charge in [-0.05, 0) is 31.2 Å². The maximum absolute atomic E-state index is 12.3. The van der Waals surface area contributed by atoms with Gasteiger partial charge in [0, 0.05) is 18.1 Å². The van der Waals surface area contributed by atoms with E-state index in [0.29, 0.717) is 29.8 Å². The highest BCUT2D eigenvalue weighted by atomic mass is 35.5. The average Bonchev–Trinajstić information content (AvgIpc) is 2.74. The third-order valence-corrected chi connectivity index (χ3v) is 5.29. The molecule has 1 saturated heterocycles. The van der Waals surface area contributed by atoms with Crippen molar-refractivity contribution in [2.45, 2.75) is 17.7 Å². The topological polar surface area (TPSA) is 76.3 Å². The van der Waals surface area contributed by atoms with Crippen molar-refractivity contribution in [3.63, 3.8) is 0 Å². The summed E-state index contributed by atoms with van der Waals surface area (Å²) >= 11 is 5.76. The summed E-state index contributed by atoms with van der Waals surface area (Å²) < 4.78 is 31.1. The van der Waals surface area contributed by atoms with Gasteiger partial charge in [-0.1, -0.05) is 16.8 Å². The number of nitrogens with zero attached hydrogens (tertiary/aromatic N) is 3. The van der Waals surface area contributed by atoms with Gasteiger partial charge in [-0.15, -0.1) is 0 Å². The molecule has 0 radical (unpaired) electrons. The van der Waals surface area contributed by atoms with Gasteiger partial charge in [0.1, 0.15) is 0 Å². The van der Waals surface area contributed by atoms with E-state index < -0.39 is 10.0 Å². The number of benzene rings is 1. The highest BCUT2D eigenvalue weighted by molar-refractivity contribution is 7.89. The van der Waals surface area contributed by atoms with Gasteiger partial charge < -0.3 is 4.52 Å². The molecule has 1 aromatic carbocycles. The van der Waals surface area contributed by atoms with E-state index in [-0.39, 0.29) is 10.8 Å². The van der Waals surface area contributed by atoms with Crippen LogP contribution in [0, 0.1) is 6.92 Å². The molecule has 2 heterocycles. The zero-order valence-corrected chi connectivity index (χ0v) is 12.2. The van der Waals surface area contributed by atoms with Crippen LogP contribution in [-0.4, -0.2) is 36.0 Å². The Hall–Kier alpha value is -1.44. The monoisotopic (exact) mass is 313 g/mol. The van der Waals surface area contributed by atoms with Crippen molar-refractivity contribution >= 4 is 21.6 Å². The summed E-state index contributed by atoms with van der Waals surface area (Å²) in [6, 6.07) is 6.13. The van der Waals surface area contributed by atoms with Gasteiger partial charge in [0.15, 0.2) is 5.82 Å². The minimum atomic E-state index is -3.47. The van der Waals surface area contributed by atoms with Crippen molar-refractivity contribution in [1.82, 2.24) is 14.4 Å². The van der Waals surface area contributed by atoms with Crippen LogP contribution in [0.3, 0.4) is 0 Å². The quantitative estimate of drug-likeness (QED) is 0.864. The lowest BCUT2D eigenvalue weighted by Gasteiger charge is -2.35.